The third kappa shape index (κ3) is 4.54. The smallest absolute Gasteiger partial charge is 0.251 e. The molecule has 27 heavy (non-hydrogen) atoms. The molecule has 1 atom stereocenters. The van der Waals surface area contributed by atoms with Gasteiger partial charge in [-0.2, -0.15) is 0 Å². The molecule has 1 amide bonds. The number of nitrogens with one attached hydrogen (secondary N) is 1. The molecule has 3 rings (SSSR count). The van der Waals surface area contributed by atoms with Crippen LogP contribution >= 0.6 is 11.6 Å². The molecule has 0 saturated heterocycles. The first-order valence-corrected chi connectivity index (χ1v) is 10.7. The Labute approximate surface area is 163 Å². The molecule has 2 aromatic rings. The number of halogens is 1. The lowest BCUT2D eigenvalue weighted by Gasteiger charge is -2.16. The van der Waals surface area contributed by atoms with Crippen LogP contribution in [0.4, 0.5) is 0 Å². The zero-order valence-electron chi connectivity index (χ0n) is 15.0. The highest BCUT2D eigenvalue weighted by atomic mass is 35.5. The number of fused-ring (bicyclic) bond motifs is 1. The molecule has 6 nitrogen and oxygen atoms in total. The maximum Gasteiger partial charge on any atom is 0.251 e. The van der Waals surface area contributed by atoms with Crippen LogP contribution in [-0.2, 0) is 9.84 Å². The van der Waals surface area contributed by atoms with Crippen LogP contribution in [0, 0.1) is 0 Å². The van der Waals surface area contributed by atoms with Crippen molar-refractivity contribution in [2.75, 3.05) is 19.5 Å². The Bertz CT molecular complexity index is 957. The Balaban J connectivity index is 1.77. The van der Waals surface area contributed by atoms with E-state index in [0.717, 1.165) is 18.2 Å². The first kappa shape index (κ1) is 19.5. The maximum absolute atomic E-state index is 12.6. The van der Waals surface area contributed by atoms with Gasteiger partial charge < -0.3 is 14.8 Å². The molecule has 0 aromatic heterocycles. The molecular weight excluding hydrogens is 390 g/mol. The van der Waals surface area contributed by atoms with E-state index in [4.69, 9.17) is 21.1 Å². The SMILES string of the molecule is CC(NC(=O)c1cc(Cl)c2c(c1)OCCCO2)c1ccc(S(C)(=O)=O)cc1. The third-order valence-corrected chi connectivity index (χ3v) is 5.63. The number of carbonyl (C=O) groups excluding carboxylic acids is 1. The van der Waals surface area contributed by atoms with Crippen molar-refractivity contribution in [2.45, 2.75) is 24.3 Å². The van der Waals surface area contributed by atoms with Gasteiger partial charge in [-0.1, -0.05) is 23.7 Å². The van der Waals surface area contributed by atoms with E-state index in [1.54, 1.807) is 24.3 Å². The Morgan fingerprint density at radius 3 is 2.48 bits per heavy atom. The normalized spacial score (nSPS) is 14.9. The number of ether oxygens (including phenoxy) is 2. The van der Waals surface area contributed by atoms with Crippen molar-refractivity contribution < 1.29 is 22.7 Å². The highest BCUT2D eigenvalue weighted by molar-refractivity contribution is 7.90. The minimum Gasteiger partial charge on any atom is -0.489 e. The summed E-state index contributed by atoms with van der Waals surface area (Å²) in [5.74, 6) is 0.595. The van der Waals surface area contributed by atoms with E-state index in [1.807, 2.05) is 6.92 Å². The van der Waals surface area contributed by atoms with Crippen molar-refractivity contribution in [1.82, 2.24) is 5.32 Å². The van der Waals surface area contributed by atoms with Gasteiger partial charge in [-0.15, -0.1) is 0 Å². The van der Waals surface area contributed by atoms with E-state index in [1.165, 1.54) is 12.1 Å². The van der Waals surface area contributed by atoms with E-state index in [2.05, 4.69) is 5.32 Å². The van der Waals surface area contributed by atoms with E-state index in [9.17, 15) is 13.2 Å². The second kappa shape index (κ2) is 7.78. The molecule has 0 aliphatic carbocycles. The lowest BCUT2D eigenvalue weighted by Crippen LogP contribution is -2.26. The lowest BCUT2D eigenvalue weighted by atomic mass is 10.1. The minimum absolute atomic E-state index is 0.236. The van der Waals surface area contributed by atoms with Gasteiger partial charge in [0.15, 0.2) is 21.3 Å². The Morgan fingerprint density at radius 2 is 1.81 bits per heavy atom. The van der Waals surface area contributed by atoms with Gasteiger partial charge in [-0.25, -0.2) is 8.42 Å². The molecule has 144 valence electrons. The van der Waals surface area contributed by atoms with Crippen molar-refractivity contribution >= 4 is 27.3 Å². The predicted molar refractivity (Wildman–Crippen MR) is 102 cm³/mol. The van der Waals surface area contributed by atoms with Crippen molar-refractivity contribution in [1.29, 1.82) is 0 Å². The highest BCUT2D eigenvalue weighted by Gasteiger charge is 2.20. The standard InChI is InChI=1S/C19H20ClNO5S/c1-12(13-4-6-15(7-5-13)27(2,23)24)21-19(22)14-10-16(20)18-17(11-14)25-8-3-9-26-18/h4-7,10-12H,3,8-9H2,1-2H3,(H,21,22). The second-order valence-corrected chi connectivity index (χ2v) is 8.80. The molecule has 1 aliphatic heterocycles. The first-order chi connectivity index (χ1) is 12.8. The Morgan fingerprint density at radius 1 is 1.15 bits per heavy atom. The number of hydrogen-bond donors (Lipinski definition) is 1. The minimum atomic E-state index is -3.26. The van der Waals surface area contributed by atoms with Crippen LogP contribution in [0.5, 0.6) is 11.5 Å². The first-order valence-electron chi connectivity index (χ1n) is 8.46. The van der Waals surface area contributed by atoms with Crippen LogP contribution in [0.25, 0.3) is 0 Å². The van der Waals surface area contributed by atoms with Gasteiger partial charge in [0.1, 0.15) is 0 Å². The van der Waals surface area contributed by atoms with Gasteiger partial charge >= 0.3 is 0 Å². The quantitative estimate of drug-likeness (QED) is 0.836. The summed E-state index contributed by atoms with van der Waals surface area (Å²) in [6.07, 6.45) is 1.90. The number of sulfone groups is 1. The maximum atomic E-state index is 12.6. The van der Waals surface area contributed by atoms with E-state index < -0.39 is 9.84 Å². The van der Waals surface area contributed by atoms with Gasteiger partial charge in [0.2, 0.25) is 0 Å². The zero-order chi connectivity index (χ0) is 19.6. The molecule has 0 spiro atoms. The molecule has 2 aromatic carbocycles. The van der Waals surface area contributed by atoms with Crippen molar-refractivity contribution in [3.05, 3.63) is 52.5 Å². The average molecular weight is 410 g/mol. The molecule has 0 fully saturated rings. The summed E-state index contributed by atoms with van der Waals surface area (Å²) in [6, 6.07) is 9.26. The molecule has 0 saturated carbocycles. The molecule has 0 radical (unpaired) electrons. The third-order valence-electron chi connectivity index (χ3n) is 4.22. The zero-order valence-corrected chi connectivity index (χ0v) is 16.6. The largest absolute Gasteiger partial charge is 0.489 e. The summed E-state index contributed by atoms with van der Waals surface area (Å²) < 4.78 is 34.3. The fourth-order valence-corrected chi connectivity index (χ4v) is 3.62. The summed E-state index contributed by atoms with van der Waals surface area (Å²) in [4.78, 5) is 12.9. The molecule has 1 unspecified atom stereocenters. The van der Waals surface area contributed by atoms with Gasteiger partial charge in [0.05, 0.1) is 29.2 Å². The predicted octanol–water partition coefficient (Wildman–Crippen LogP) is 3.40. The van der Waals surface area contributed by atoms with Gasteiger partial charge in [0.25, 0.3) is 5.91 Å². The number of benzene rings is 2. The molecular formula is C19H20ClNO5S. The Kier molecular flexibility index (Phi) is 5.62. The van der Waals surface area contributed by atoms with E-state index >= 15 is 0 Å². The highest BCUT2D eigenvalue weighted by Crippen LogP contribution is 2.38. The van der Waals surface area contributed by atoms with Crippen LogP contribution in [0.2, 0.25) is 5.02 Å². The molecule has 0 bridgehead atoms. The molecule has 8 heteroatoms. The number of amides is 1. The van der Waals surface area contributed by atoms with E-state index in [0.29, 0.717) is 35.3 Å². The van der Waals surface area contributed by atoms with Crippen LogP contribution < -0.4 is 14.8 Å². The summed E-state index contributed by atoms with van der Waals surface area (Å²) >= 11 is 6.24. The van der Waals surface area contributed by atoms with Crippen molar-refractivity contribution in [3.63, 3.8) is 0 Å². The summed E-state index contributed by atoms with van der Waals surface area (Å²) in [5.41, 5.74) is 1.15. The summed E-state index contributed by atoms with van der Waals surface area (Å²) in [6.45, 7) is 2.83. The fourth-order valence-electron chi connectivity index (χ4n) is 2.73. The van der Waals surface area contributed by atoms with Gasteiger partial charge in [0, 0.05) is 18.2 Å². The number of rotatable bonds is 4. The number of hydrogen-bond acceptors (Lipinski definition) is 5. The monoisotopic (exact) mass is 409 g/mol. The second-order valence-electron chi connectivity index (χ2n) is 6.37. The van der Waals surface area contributed by atoms with E-state index in [-0.39, 0.29) is 16.8 Å². The van der Waals surface area contributed by atoms with Crippen LogP contribution in [0.15, 0.2) is 41.3 Å². The fraction of sp³-hybridized carbons (Fsp3) is 0.316. The van der Waals surface area contributed by atoms with Gasteiger partial charge in [-0.3, -0.25) is 4.79 Å². The van der Waals surface area contributed by atoms with Crippen LogP contribution in [0.3, 0.4) is 0 Å². The van der Waals surface area contributed by atoms with Gasteiger partial charge in [-0.05, 0) is 36.8 Å². The van der Waals surface area contributed by atoms with Crippen molar-refractivity contribution in [2.24, 2.45) is 0 Å². The molecule has 1 aliphatic rings. The topological polar surface area (TPSA) is 81.7 Å². The van der Waals surface area contributed by atoms with Crippen LogP contribution in [-0.4, -0.2) is 33.8 Å². The summed E-state index contributed by atoms with van der Waals surface area (Å²) in [7, 11) is -3.26. The van der Waals surface area contributed by atoms with Crippen molar-refractivity contribution in [3.8, 4) is 11.5 Å². The Hall–Kier alpha value is -2.25. The average Bonchev–Trinajstić information content (AvgIpc) is 2.87. The molecule has 1 heterocycles. The molecule has 1 N–H and O–H groups in total. The summed E-state index contributed by atoms with van der Waals surface area (Å²) in [5, 5.41) is 3.20. The van der Waals surface area contributed by atoms with Crippen LogP contribution in [0.1, 0.15) is 35.3 Å². The lowest BCUT2D eigenvalue weighted by molar-refractivity contribution is 0.0939. The number of carbonyl (C=O) groups is 1.